The van der Waals surface area contributed by atoms with Gasteiger partial charge in [0.25, 0.3) is 0 Å². The molecule has 0 spiro atoms. The molecule has 0 unspecified atom stereocenters. The van der Waals surface area contributed by atoms with Crippen LogP contribution in [0, 0.1) is 0 Å². The molecule has 0 aromatic heterocycles. The first kappa shape index (κ1) is 9.27. The van der Waals surface area contributed by atoms with Crippen LogP contribution < -0.4 is 0 Å². The highest BCUT2D eigenvalue weighted by Gasteiger charge is 2.12. The number of aliphatic hydroxyl groups is 1. The van der Waals surface area contributed by atoms with Crippen molar-refractivity contribution in [3.63, 3.8) is 0 Å². The predicted octanol–water partition coefficient (Wildman–Crippen LogP) is 2.48. The van der Waals surface area contributed by atoms with Gasteiger partial charge in [-0.05, 0) is 16.5 Å². The molecule has 0 saturated heterocycles. The summed E-state index contributed by atoms with van der Waals surface area (Å²) in [6.45, 7) is 6.67. The van der Waals surface area contributed by atoms with Crippen molar-refractivity contribution in [2.24, 2.45) is 0 Å². The van der Waals surface area contributed by atoms with Gasteiger partial charge in [-0.2, -0.15) is 0 Å². The van der Waals surface area contributed by atoms with E-state index in [0.717, 1.165) is 5.56 Å². The zero-order chi connectivity index (χ0) is 9.19. The Hall–Kier alpha value is -0.820. The van der Waals surface area contributed by atoms with Gasteiger partial charge in [-0.25, -0.2) is 0 Å². The minimum Gasteiger partial charge on any atom is -0.392 e. The number of hydrogen-bond donors (Lipinski definition) is 1. The van der Waals surface area contributed by atoms with Crippen molar-refractivity contribution in [3.05, 3.63) is 35.4 Å². The van der Waals surface area contributed by atoms with Gasteiger partial charge in [-0.15, -0.1) is 0 Å². The lowest BCUT2D eigenvalue weighted by Crippen LogP contribution is -2.10. The maximum Gasteiger partial charge on any atom is 0.0681 e. The lowest BCUT2D eigenvalue weighted by atomic mass is 9.87. The van der Waals surface area contributed by atoms with Gasteiger partial charge in [0.1, 0.15) is 0 Å². The van der Waals surface area contributed by atoms with Crippen LogP contribution >= 0.6 is 0 Å². The van der Waals surface area contributed by atoms with E-state index >= 15 is 0 Å². The van der Waals surface area contributed by atoms with E-state index in [-0.39, 0.29) is 12.0 Å². The van der Waals surface area contributed by atoms with E-state index in [9.17, 15) is 0 Å². The molecule has 0 aliphatic carbocycles. The second-order valence-corrected chi connectivity index (χ2v) is 4.11. The largest absolute Gasteiger partial charge is 0.392 e. The monoisotopic (exact) mass is 164 g/mol. The second kappa shape index (κ2) is 3.28. The summed E-state index contributed by atoms with van der Waals surface area (Å²) in [5, 5.41) is 8.83. The molecule has 1 rings (SSSR count). The molecule has 0 aliphatic rings. The van der Waals surface area contributed by atoms with Crippen molar-refractivity contribution in [3.8, 4) is 0 Å². The van der Waals surface area contributed by atoms with Crippen LogP contribution in [0.5, 0.6) is 0 Å². The summed E-state index contributed by atoms with van der Waals surface area (Å²) < 4.78 is 0. The van der Waals surface area contributed by atoms with Crippen molar-refractivity contribution in [1.29, 1.82) is 0 Å². The molecule has 0 fully saturated rings. The number of aliphatic hydroxyl groups excluding tert-OH is 1. The molecule has 0 heterocycles. The fraction of sp³-hybridized carbons (Fsp3) is 0.455. The predicted molar refractivity (Wildman–Crippen MR) is 51.1 cm³/mol. The molecule has 1 nitrogen and oxygen atoms in total. The van der Waals surface area contributed by atoms with E-state index in [1.165, 1.54) is 5.56 Å². The van der Waals surface area contributed by atoms with Gasteiger partial charge in [0.2, 0.25) is 0 Å². The summed E-state index contributed by atoms with van der Waals surface area (Å²) in [6, 6.07) is 8.10. The Bertz CT molecular complexity index is 241. The third-order valence-electron chi connectivity index (χ3n) is 2.00. The molecule has 0 atom stereocenters. The quantitative estimate of drug-likeness (QED) is 0.676. The highest BCUT2D eigenvalue weighted by atomic mass is 16.3. The van der Waals surface area contributed by atoms with E-state index in [4.69, 9.17) is 5.11 Å². The molecule has 0 saturated carbocycles. The van der Waals surface area contributed by atoms with Crippen molar-refractivity contribution in [2.45, 2.75) is 32.8 Å². The van der Waals surface area contributed by atoms with E-state index in [1.807, 2.05) is 12.1 Å². The summed E-state index contributed by atoms with van der Waals surface area (Å²) in [7, 11) is 0. The molecular formula is C11H16O. The molecule has 0 radical (unpaired) electrons. The average Bonchev–Trinajstić information content (AvgIpc) is 2.03. The molecule has 0 aliphatic heterocycles. The second-order valence-electron chi connectivity index (χ2n) is 4.11. The summed E-state index contributed by atoms with van der Waals surface area (Å²) in [5.41, 5.74) is 2.48. The van der Waals surface area contributed by atoms with Crippen LogP contribution in [0.1, 0.15) is 31.9 Å². The van der Waals surface area contributed by atoms with Crippen molar-refractivity contribution >= 4 is 0 Å². The van der Waals surface area contributed by atoms with E-state index in [1.54, 1.807) is 0 Å². The van der Waals surface area contributed by atoms with Crippen molar-refractivity contribution in [1.82, 2.24) is 0 Å². The lowest BCUT2D eigenvalue weighted by molar-refractivity contribution is 0.282. The van der Waals surface area contributed by atoms with Crippen LogP contribution in [-0.2, 0) is 12.0 Å². The molecule has 0 amide bonds. The van der Waals surface area contributed by atoms with Crippen LogP contribution in [0.3, 0.4) is 0 Å². The van der Waals surface area contributed by atoms with E-state index in [2.05, 4.69) is 32.9 Å². The normalized spacial score (nSPS) is 11.7. The molecule has 12 heavy (non-hydrogen) atoms. The van der Waals surface area contributed by atoms with Crippen molar-refractivity contribution in [2.75, 3.05) is 0 Å². The van der Waals surface area contributed by atoms with Gasteiger partial charge in [0, 0.05) is 0 Å². The number of benzene rings is 1. The lowest BCUT2D eigenvalue weighted by Gasteiger charge is -2.18. The van der Waals surface area contributed by atoms with Crippen LogP contribution in [-0.4, -0.2) is 5.11 Å². The van der Waals surface area contributed by atoms with Gasteiger partial charge < -0.3 is 5.11 Å². The Morgan fingerprint density at radius 2 is 1.58 bits per heavy atom. The number of rotatable bonds is 1. The summed E-state index contributed by atoms with van der Waals surface area (Å²) in [6.07, 6.45) is 0. The minimum absolute atomic E-state index is 0.129. The Balaban J connectivity index is 2.93. The SMILES string of the molecule is CC(C)(C)c1ccc(CO)cc1. The fourth-order valence-electron chi connectivity index (χ4n) is 1.11. The summed E-state index contributed by atoms with van der Waals surface area (Å²) >= 11 is 0. The van der Waals surface area contributed by atoms with Gasteiger partial charge in [-0.3, -0.25) is 0 Å². The molecule has 1 aromatic carbocycles. The first-order valence-electron chi connectivity index (χ1n) is 4.24. The Labute approximate surface area is 74.1 Å². The number of hydrogen-bond acceptors (Lipinski definition) is 1. The van der Waals surface area contributed by atoms with Gasteiger partial charge in [0.15, 0.2) is 0 Å². The highest BCUT2D eigenvalue weighted by molar-refractivity contribution is 5.26. The van der Waals surface area contributed by atoms with Gasteiger partial charge in [0.05, 0.1) is 6.61 Å². The van der Waals surface area contributed by atoms with E-state index in [0.29, 0.717) is 0 Å². The molecule has 66 valence electrons. The summed E-state index contributed by atoms with van der Waals surface area (Å²) in [4.78, 5) is 0. The zero-order valence-electron chi connectivity index (χ0n) is 7.96. The van der Waals surface area contributed by atoms with Crippen LogP contribution in [0.4, 0.5) is 0 Å². The fourth-order valence-corrected chi connectivity index (χ4v) is 1.11. The third-order valence-corrected chi connectivity index (χ3v) is 2.00. The zero-order valence-corrected chi connectivity index (χ0v) is 7.96. The van der Waals surface area contributed by atoms with Crippen molar-refractivity contribution < 1.29 is 5.11 Å². The molecule has 0 bridgehead atoms. The maximum absolute atomic E-state index is 8.83. The Morgan fingerprint density at radius 1 is 1.08 bits per heavy atom. The molecular weight excluding hydrogens is 148 g/mol. The maximum atomic E-state index is 8.83. The highest BCUT2D eigenvalue weighted by Crippen LogP contribution is 2.21. The first-order valence-corrected chi connectivity index (χ1v) is 4.24. The summed E-state index contributed by atoms with van der Waals surface area (Å²) in [5.74, 6) is 0. The molecule has 1 aromatic rings. The van der Waals surface area contributed by atoms with Crippen LogP contribution in [0.15, 0.2) is 24.3 Å². The van der Waals surface area contributed by atoms with Crippen LogP contribution in [0.25, 0.3) is 0 Å². The van der Waals surface area contributed by atoms with Crippen LogP contribution in [0.2, 0.25) is 0 Å². The van der Waals surface area contributed by atoms with Gasteiger partial charge >= 0.3 is 0 Å². The topological polar surface area (TPSA) is 20.2 Å². The smallest absolute Gasteiger partial charge is 0.0681 e. The first-order chi connectivity index (χ1) is 5.54. The Morgan fingerprint density at radius 3 is 1.92 bits per heavy atom. The molecule has 1 heteroatoms. The molecule has 1 N–H and O–H groups in total. The Kier molecular flexibility index (Phi) is 2.53. The van der Waals surface area contributed by atoms with E-state index < -0.39 is 0 Å². The minimum atomic E-state index is 0.129. The van der Waals surface area contributed by atoms with Gasteiger partial charge in [-0.1, -0.05) is 45.0 Å². The third kappa shape index (κ3) is 2.08. The average molecular weight is 164 g/mol. The standard InChI is InChI=1S/C11H16O/c1-11(2,3)10-6-4-9(8-12)5-7-10/h4-7,12H,8H2,1-3H3.